The number of nitrogens with two attached hydrogens (primary N) is 1. The van der Waals surface area contributed by atoms with Crippen LogP contribution in [0.3, 0.4) is 0 Å². The highest BCUT2D eigenvalue weighted by Crippen LogP contribution is 2.37. The number of nitrogen functional groups attached to an aromatic ring is 1. The molecule has 1 aliphatic carbocycles. The fourth-order valence-corrected chi connectivity index (χ4v) is 4.14. The summed E-state index contributed by atoms with van der Waals surface area (Å²) in [5, 5.41) is 9.12. The number of nitrogens with zero attached hydrogens (tertiary/aromatic N) is 6. The van der Waals surface area contributed by atoms with Crippen LogP contribution in [-0.4, -0.2) is 29.4 Å². The monoisotopic (exact) mass is 359 g/mol. The minimum atomic E-state index is 0.439. The van der Waals surface area contributed by atoms with Crippen molar-refractivity contribution in [1.82, 2.24) is 29.4 Å². The molecule has 0 atom stereocenters. The average Bonchev–Trinajstić information content (AvgIpc) is 3.35. The third kappa shape index (κ3) is 2.66. The predicted molar refractivity (Wildman–Crippen MR) is 104 cm³/mol. The van der Waals surface area contributed by atoms with E-state index in [0.717, 1.165) is 28.0 Å². The first-order chi connectivity index (χ1) is 13.3. The molecule has 0 saturated heterocycles. The largest absolute Gasteiger partial charge is 0.382 e. The van der Waals surface area contributed by atoms with Crippen molar-refractivity contribution in [3.05, 3.63) is 49.2 Å². The Bertz CT molecular complexity index is 1070. The Hall–Kier alpha value is -3.22. The van der Waals surface area contributed by atoms with Crippen LogP contribution in [0.4, 0.5) is 5.82 Å². The summed E-state index contributed by atoms with van der Waals surface area (Å²) in [4.78, 5) is 8.35. The molecule has 7 nitrogen and oxygen atoms in total. The van der Waals surface area contributed by atoms with E-state index in [-0.39, 0.29) is 0 Å². The van der Waals surface area contributed by atoms with E-state index in [1.807, 2.05) is 22.8 Å². The molecule has 0 unspecified atom stereocenters. The van der Waals surface area contributed by atoms with Crippen LogP contribution in [0, 0.1) is 0 Å². The Morgan fingerprint density at radius 3 is 2.56 bits per heavy atom. The summed E-state index contributed by atoms with van der Waals surface area (Å²) in [6.07, 6.45) is 13.1. The third-order valence-corrected chi connectivity index (χ3v) is 5.43. The van der Waals surface area contributed by atoms with E-state index in [1.165, 1.54) is 38.4 Å². The maximum absolute atomic E-state index is 6.27. The molecule has 1 saturated carbocycles. The van der Waals surface area contributed by atoms with Crippen LogP contribution in [0.25, 0.3) is 28.0 Å². The van der Waals surface area contributed by atoms with Crippen molar-refractivity contribution < 1.29 is 0 Å². The Kier molecular flexibility index (Phi) is 3.85. The van der Waals surface area contributed by atoms with Crippen molar-refractivity contribution in [3.63, 3.8) is 0 Å². The molecule has 4 aromatic rings. The normalized spacial score (nSPS) is 15.4. The number of anilines is 1. The lowest BCUT2D eigenvalue weighted by Gasteiger charge is -2.23. The minimum absolute atomic E-state index is 0.439. The first kappa shape index (κ1) is 16.0. The molecule has 0 aliphatic heterocycles. The fraction of sp³-hybridized carbons (Fsp3) is 0.300. The highest BCUT2D eigenvalue weighted by Gasteiger charge is 2.23. The van der Waals surface area contributed by atoms with Gasteiger partial charge in [-0.1, -0.05) is 19.3 Å². The van der Waals surface area contributed by atoms with E-state index in [2.05, 4.69) is 37.0 Å². The van der Waals surface area contributed by atoms with Gasteiger partial charge in [0.05, 0.1) is 17.4 Å². The predicted octanol–water partition coefficient (Wildman–Crippen LogP) is 3.74. The van der Waals surface area contributed by atoms with Crippen LogP contribution in [0.15, 0.2) is 49.2 Å². The SMILES string of the molecule is Nc1ncnn2c(-c3ccncc3)cc(-c3ccnn3C3CCCCC3)c12. The van der Waals surface area contributed by atoms with Gasteiger partial charge in [-0.25, -0.2) is 9.50 Å². The van der Waals surface area contributed by atoms with Crippen LogP contribution < -0.4 is 5.73 Å². The Morgan fingerprint density at radius 2 is 1.74 bits per heavy atom. The lowest BCUT2D eigenvalue weighted by Crippen LogP contribution is -2.15. The molecule has 7 heteroatoms. The van der Waals surface area contributed by atoms with Crippen LogP contribution in [0.5, 0.6) is 0 Å². The molecule has 5 rings (SSSR count). The van der Waals surface area contributed by atoms with Gasteiger partial charge in [0.15, 0.2) is 5.82 Å². The van der Waals surface area contributed by atoms with Crippen molar-refractivity contribution in [1.29, 1.82) is 0 Å². The maximum Gasteiger partial charge on any atom is 0.152 e. The maximum atomic E-state index is 6.27. The zero-order valence-electron chi connectivity index (χ0n) is 15.0. The van der Waals surface area contributed by atoms with Gasteiger partial charge < -0.3 is 5.73 Å². The minimum Gasteiger partial charge on any atom is -0.382 e. The zero-order valence-corrected chi connectivity index (χ0v) is 15.0. The van der Waals surface area contributed by atoms with E-state index < -0.39 is 0 Å². The standard InChI is InChI=1S/C20H21N7/c21-20-19-16(17-8-11-24-26(17)15-4-2-1-3-5-15)12-18(27(19)25-13-23-20)14-6-9-22-10-7-14/h6-13,15H,1-5H2,(H2,21,23,25). The van der Waals surface area contributed by atoms with E-state index in [1.54, 1.807) is 12.4 Å². The van der Waals surface area contributed by atoms with Gasteiger partial charge in [0.25, 0.3) is 0 Å². The van der Waals surface area contributed by atoms with Gasteiger partial charge in [-0.05, 0) is 37.1 Å². The van der Waals surface area contributed by atoms with Crippen molar-refractivity contribution in [2.75, 3.05) is 5.73 Å². The number of hydrogen-bond donors (Lipinski definition) is 1. The molecule has 0 spiro atoms. The van der Waals surface area contributed by atoms with Crippen molar-refractivity contribution >= 4 is 11.3 Å². The Morgan fingerprint density at radius 1 is 0.926 bits per heavy atom. The molecule has 4 aromatic heterocycles. The number of hydrogen-bond acceptors (Lipinski definition) is 5. The van der Waals surface area contributed by atoms with Gasteiger partial charge in [0.2, 0.25) is 0 Å². The molecular weight excluding hydrogens is 338 g/mol. The topological polar surface area (TPSA) is 86.9 Å². The number of fused-ring (bicyclic) bond motifs is 1. The first-order valence-corrected chi connectivity index (χ1v) is 9.39. The summed E-state index contributed by atoms with van der Waals surface area (Å²) >= 11 is 0. The Labute approximate surface area is 156 Å². The van der Waals surface area contributed by atoms with Crippen molar-refractivity contribution in [2.24, 2.45) is 0 Å². The molecule has 1 fully saturated rings. The van der Waals surface area contributed by atoms with Gasteiger partial charge in [-0.2, -0.15) is 10.2 Å². The van der Waals surface area contributed by atoms with Gasteiger partial charge in [-0.15, -0.1) is 0 Å². The lowest BCUT2D eigenvalue weighted by molar-refractivity contribution is 0.332. The second-order valence-electron chi connectivity index (χ2n) is 7.04. The molecule has 0 bridgehead atoms. The summed E-state index contributed by atoms with van der Waals surface area (Å²) in [5.74, 6) is 0.469. The lowest BCUT2D eigenvalue weighted by atomic mass is 9.95. The third-order valence-electron chi connectivity index (χ3n) is 5.43. The van der Waals surface area contributed by atoms with Crippen LogP contribution in [-0.2, 0) is 0 Å². The quantitative estimate of drug-likeness (QED) is 0.602. The Balaban J connectivity index is 1.72. The second-order valence-corrected chi connectivity index (χ2v) is 7.04. The second kappa shape index (κ2) is 6.50. The van der Waals surface area contributed by atoms with E-state index >= 15 is 0 Å². The average molecular weight is 359 g/mol. The number of aromatic nitrogens is 6. The van der Waals surface area contributed by atoms with Crippen molar-refractivity contribution in [3.8, 4) is 22.5 Å². The molecule has 4 heterocycles. The van der Waals surface area contributed by atoms with Gasteiger partial charge in [0, 0.05) is 29.7 Å². The molecule has 0 radical (unpaired) electrons. The molecule has 0 amide bonds. The molecule has 0 aromatic carbocycles. The van der Waals surface area contributed by atoms with E-state index in [4.69, 9.17) is 5.73 Å². The number of rotatable bonds is 3. The first-order valence-electron chi connectivity index (χ1n) is 9.39. The molecule has 1 aliphatic rings. The summed E-state index contributed by atoms with van der Waals surface area (Å²) in [6, 6.07) is 8.58. The summed E-state index contributed by atoms with van der Waals surface area (Å²) in [7, 11) is 0. The molecule has 2 N–H and O–H groups in total. The fourth-order valence-electron chi connectivity index (χ4n) is 4.14. The molecule has 27 heavy (non-hydrogen) atoms. The van der Waals surface area contributed by atoms with Gasteiger partial charge in [-0.3, -0.25) is 9.67 Å². The highest BCUT2D eigenvalue weighted by molar-refractivity contribution is 5.90. The van der Waals surface area contributed by atoms with E-state index in [0.29, 0.717) is 11.9 Å². The summed E-state index contributed by atoms with van der Waals surface area (Å²) in [5.41, 5.74) is 11.2. The molecule has 136 valence electrons. The van der Waals surface area contributed by atoms with E-state index in [9.17, 15) is 0 Å². The smallest absolute Gasteiger partial charge is 0.152 e. The summed E-state index contributed by atoms with van der Waals surface area (Å²) < 4.78 is 4.03. The molecular formula is C20H21N7. The van der Waals surface area contributed by atoms with Crippen LogP contribution >= 0.6 is 0 Å². The van der Waals surface area contributed by atoms with Crippen LogP contribution in [0.1, 0.15) is 38.1 Å². The zero-order chi connectivity index (χ0) is 18.2. The highest BCUT2D eigenvalue weighted by atomic mass is 15.3. The van der Waals surface area contributed by atoms with Crippen molar-refractivity contribution in [2.45, 2.75) is 38.1 Å². The summed E-state index contributed by atoms with van der Waals surface area (Å²) in [6.45, 7) is 0. The van der Waals surface area contributed by atoms with Gasteiger partial charge in [0.1, 0.15) is 11.8 Å². The number of pyridine rings is 1. The van der Waals surface area contributed by atoms with Crippen LogP contribution in [0.2, 0.25) is 0 Å². The van der Waals surface area contributed by atoms with Gasteiger partial charge >= 0.3 is 0 Å².